The molecule has 0 bridgehead atoms. The van der Waals surface area contributed by atoms with E-state index in [2.05, 4.69) is 77.4 Å². The molecule has 2 saturated heterocycles. The number of hydrogen-bond acceptors (Lipinski definition) is 2. The van der Waals surface area contributed by atoms with Gasteiger partial charge in [0.05, 0.1) is 6.04 Å². The van der Waals surface area contributed by atoms with Gasteiger partial charge in [0.2, 0.25) is 5.91 Å². The number of benzene rings is 2. The molecule has 0 unspecified atom stereocenters. The smallest absolute Gasteiger partial charge is 0.240 e. The van der Waals surface area contributed by atoms with E-state index in [-0.39, 0.29) is 18.0 Å². The van der Waals surface area contributed by atoms with Crippen molar-refractivity contribution in [2.75, 3.05) is 19.6 Å². The van der Waals surface area contributed by atoms with Crippen LogP contribution in [0.4, 0.5) is 0 Å². The van der Waals surface area contributed by atoms with E-state index in [1.807, 2.05) is 0 Å². The van der Waals surface area contributed by atoms with Crippen molar-refractivity contribution in [3.8, 4) is 0 Å². The fraction of sp³-hybridized carbons (Fsp3) is 0.480. The van der Waals surface area contributed by atoms with E-state index in [0.29, 0.717) is 5.91 Å². The first-order chi connectivity index (χ1) is 13.8. The summed E-state index contributed by atoms with van der Waals surface area (Å²) in [6, 6.07) is 21.8. The standard InChI is InChI=1S/C25H32N2O/c1-2-26-18-10-9-16-23(26)25(28)27-19-11-17-22(27)24(20-12-5-3-6-13-20)21-14-7-4-8-15-21/h3-8,12-15,22-24H,2,9-11,16-19H2,1H3/t22-,23-/m0/s1. The Labute approximate surface area is 169 Å². The lowest BCUT2D eigenvalue weighted by Crippen LogP contribution is -2.52. The number of carbonyl (C=O) groups excluding carboxylic acids is 1. The molecule has 2 fully saturated rings. The maximum Gasteiger partial charge on any atom is 0.240 e. The Morgan fingerprint density at radius 3 is 2.14 bits per heavy atom. The van der Waals surface area contributed by atoms with Gasteiger partial charge in [-0.15, -0.1) is 0 Å². The van der Waals surface area contributed by atoms with Gasteiger partial charge in [-0.25, -0.2) is 0 Å². The minimum Gasteiger partial charge on any atom is -0.337 e. The monoisotopic (exact) mass is 376 g/mol. The van der Waals surface area contributed by atoms with Gasteiger partial charge in [0, 0.05) is 18.5 Å². The fourth-order valence-corrected chi connectivity index (χ4v) is 5.21. The lowest BCUT2D eigenvalue weighted by molar-refractivity contribution is -0.139. The van der Waals surface area contributed by atoms with Gasteiger partial charge >= 0.3 is 0 Å². The first-order valence-corrected chi connectivity index (χ1v) is 10.9. The summed E-state index contributed by atoms with van der Waals surface area (Å²) in [5, 5.41) is 0. The highest BCUT2D eigenvalue weighted by Gasteiger charge is 2.40. The summed E-state index contributed by atoms with van der Waals surface area (Å²) in [4.78, 5) is 18.2. The number of hydrogen-bond donors (Lipinski definition) is 0. The van der Waals surface area contributed by atoms with Crippen molar-refractivity contribution in [3.63, 3.8) is 0 Å². The van der Waals surface area contributed by atoms with Crippen LogP contribution in [-0.2, 0) is 4.79 Å². The van der Waals surface area contributed by atoms with Crippen LogP contribution in [0.3, 0.4) is 0 Å². The summed E-state index contributed by atoms with van der Waals surface area (Å²) in [7, 11) is 0. The van der Waals surface area contributed by atoms with Crippen molar-refractivity contribution in [2.24, 2.45) is 0 Å². The molecule has 2 heterocycles. The molecule has 2 aromatic carbocycles. The van der Waals surface area contributed by atoms with Crippen LogP contribution in [0.5, 0.6) is 0 Å². The highest BCUT2D eigenvalue weighted by atomic mass is 16.2. The van der Waals surface area contributed by atoms with E-state index in [4.69, 9.17) is 0 Å². The summed E-state index contributed by atoms with van der Waals surface area (Å²) in [6.07, 6.45) is 5.59. The quantitative estimate of drug-likeness (QED) is 0.756. The highest BCUT2D eigenvalue weighted by molar-refractivity contribution is 5.82. The number of likely N-dealkylation sites (tertiary alicyclic amines) is 2. The molecule has 2 atom stereocenters. The lowest BCUT2D eigenvalue weighted by atomic mass is 9.83. The Balaban J connectivity index is 1.65. The fourth-order valence-electron chi connectivity index (χ4n) is 5.21. The molecule has 1 amide bonds. The van der Waals surface area contributed by atoms with Crippen LogP contribution in [0.2, 0.25) is 0 Å². The predicted octanol–water partition coefficient (Wildman–Crippen LogP) is 4.68. The number of likely N-dealkylation sites (N-methyl/N-ethyl adjacent to an activating group) is 1. The van der Waals surface area contributed by atoms with Gasteiger partial charge in [-0.1, -0.05) is 74.0 Å². The van der Waals surface area contributed by atoms with E-state index in [1.165, 1.54) is 24.0 Å². The second-order valence-corrected chi connectivity index (χ2v) is 8.18. The molecule has 3 nitrogen and oxygen atoms in total. The zero-order valence-corrected chi connectivity index (χ0v) is 17.0. The van der Waals surface area contributed by atoms with Crippen LogP contribution in [0, 0.1) is 0 Å². The van der Waals surface area contributed by atoms with E-state index in [9.17, 15) is 4.79 Å². The highest BCUT2D eigenvalue weighted by Crippen LogP contribution is 2.37. The maximum atomic E-state index is 13.6. The Morgan fingerprint density at radius 1 is 0.893 bits per heavy atom. The van der Waals surface area contributed by atoms with Gasteiger partial charge in [-0.2, -0.15) is 0 Å². The third-order valence-corrected chi connectivity index (χ3v) is 6.59. The molecular weight excluding hydrogens is 344 g/mol. The third-order valence-electron chi connectivity index (χ3n) is 6.59. The largest absolute Gasteiger partial charge is 0.337 e. The van der Waals surface area contributed by atoms with Crippen molar-refractivity contribution < 1.29 is 4.79 Å². The SMILES string of the molecule is CCN1CCCC[C@H]1C(=O)N1CCC[C@H]1C(c1ccccc1)c1ccccc1. The molecule has 2 aliphatic heterocycles. The Hall–Kier alpha value is -2.13. The van der Waals surface area contributed by atoms with Crippen molar-refractivity contribution in [2.45, 2.75) is 57.0 Å². The van der Waals surface area contributed by atoms with E-state index in [0.717, 1.165) is 38.9 Å². The second-order valence-electron chi connectivity index (χ2n) is 8.18. The molecule has 0 saturated carbocycles. The number of nitrogens with zero attached hydrogens (tertiary/aromatic N) is 2. The minimum atomic E-state index is 0.0755. The number of amides is 1. The molecule has 3 heteroatoms. The summed E-state index contributed by atoms with van der Waals surface area (Å²) >= 11 is 0. The van der Waals surface area contributed by atoms with Crippen LogP contribution in [-0.4, -0.2) is 47.4 Å². The second kappa shape index (κ2) is 8.91. The third kappa shape index (κ3) is 3.86. The van der Waals surface area contributed by atoms with Gasteiger partial charge < -0.3 is 4.90 Å². The molecule has 0 radical (unpaired) electrons. The topological polar surface area (TPSA) is 23.6 Å². The first kappa shape index (κ1) is 19.2. The molecule has 0 spiro atoms. The van der Waals surface area contributed by atoms with Crippen LogP contribution < -0.4 is 0 Å². The van der Waals surface area contributed by atoms with Crippen LogP contribution >= 0.6 is 0 Å². The Morgan fingerprint density at radius 2 is 1.54 bits per heavy atom. The maximum absolute atomic E-state index is 13.6. The van der Waals surface area contributed by atoms with E-state index < -0.39 is 0 Å². The molecular formula is C25H32N2O. The summed E-state index contributed by atoms with van der Waals surface area (Å²) in [6.45, 7) is 5.11. The van der Waals surface area contributed by atoms with Gasteiger partial charge in [-0.05, 0) is 49.9 Å². The number of rotatable bonds is 5. The summed E-state index contributed by atoms with van der Waals surface area (Å²) in [5.74, 6) is 0.605. The van der Waals surface area contributed by atoms with Gasteiger partial charge in [0.15, 0.2) is 0 Å². The van der Waals surface area contributed by atoms with Crippen molar-refractivity contribution in [1.82, 2.24) is 9.80 Å². The zero-order valence-electron chi connectivity index (χ0n) is 17.0. The minimum absolute atomic E-state index is 0.0755. The van der Waals surface area contributed by atoms with E-state index >= 15 is 0 Å². The number of piperidine rings is 1. The van der Waals surface area contributed by atoms with Crippen molar-refractivity contribution >= 4 is 5.91 Å². The molecule has 0 aliphatic carbocycles. The normalized spacial score (nSPS) is 23.3. The summed E-state index contributed by atoms with van der Waals surface area (Å²) < 4.78 is 0. The molecule has 4 rings (SSSR count). The number of carbonyl (C=O) groups is 1. The predicted molar refractivity (Wildman–Crippen MR) is 114 cm³/mol. The average molecular weight is 377 g/mol. The Kier molecular flexibility index (Phi) is 6.11. The van der Waals surface area contributed by atoms with Crippen molar-refractivity contribution in [3.05, 3.63) is 71.8 Å². The molecule has 2 aromatic rings. The molecule has 2 aliphatic rings. The lowest BCUT2D eigenvalue weighted by Gasteiger charge is -2.39. The van der Waals surface area contributed by atoms with Crippen molar-refractivity contribution in [1.29, 1.82) is 0 Å². The Bertz CT molecular complexity index is 721. The molecule has 0 N–H and O–H groups in total. The molecule has 28 heavy (non-hydrogen) atoms. The van der Waals surface area contributed by atoms with E-state index in [1.54, 1.807) is 0 Å². The van der Waals surface area contributed by atoms with Crippen LogP contribution in [0.1, 0.15) is 56.1 Å². The molecule has 148 valence electrons. The zero-order chi connectivity index (χ0) is 19.3. The van der Waals surface area contributed by atoms with Gasteiger partial charge in [0.25, 0.3) is 0 Å². The molecule has 0 aromatic heterocycles. The average Bonchev–Trinajstić information content (AvgIpc) is 3.24. The van der Waals surface area contributed by atoms with Crippen LogP contribution in [0.25, 0.3) is 0 Å². The van der Waals surface area contributed by atoms with Gasteiger partial charge in [0.1, 0.15) is 0 Å². The first-order valence-electron chi connectivity index (χ1n) is 10.9. The van der Waals surface area contributed by atoms with Gasteiger partial charge in [-0.3, -0.25) is 9.69 Å². The van der Waals surface area contributed by atoms with Crippen LogP contribution in [0.15, 0.2) is 60.7 Å². The summed E-state index contributed by atoms with van der Waals surface area (Å²) in [5.41, 5.74) is 2.63.